The molecule has 0 radical (unpaired) electrons. The second-order valence-electron chi connectivity index (χ2n) is 5.99. The number of alkyl carbamates (subject to hydrolysis) is 1. The predicted octanol–water partition coefficient (Wildman–Crippen LogP) is 2.72. The van der Waals surface area contributed by atoms with Crippen molar-refractivity contribution in [3.05, 3.63) is 70.1 Å². The van der Waals surface area contributed by atoms with Crippen molar-refractivity contribution in [1.29, 1.82) is 0 Å². The molecule has 1 fully saturated rings. The molecule has 5 heteroatoms. The van der Waals surface area contributed by atoms with Gasteiger partial charge in [-0.2, -0.15) is 0 Å². The van der Waals surface area contributed by atoms with Gasteiger partial charge in [-0.15, -0.1) is 0 Å². The first kappa shape index (κ1) is 15.3. The molecule has 0 atom stereocenters. The maximum Gasteiger partial charge on any atom is 0.407 e. The Hall–Kier alpha value is -2.56. The number of aromatic amines is 1. The molecule has 1 aromatic carbocycles. The lowest BCUT2D eigenvalue weighted by Gasteiger charge is -2.42. The smallest absolute Gasteiger partial charge is 0.407 e. The molecule has 3 rings (SSSR count). The van der Waals surface area contributed by atoms with Gasteiger partial charge in [-0.1, -0.05) is 36.8 Å². The number of aromatic nitrogens is 1. The molecule has 2 aromatic rings. The van der Waals surface area contributed by atoms with E-state index in [4.69, 9.17) is 4.74 Å². The molecule has 120 valence electrons. The number of benzene rings is 1. The van der Waals surface area contributed by atoms with Crippen LogP contribution in [0.1, 0.15) is 30.4 Å². The van der Waals surface area contributed by atoms with Crippen molar-refractivity contribution in [2.24, 2.45) is 0 Å². The summed E-state index contributed by atoms with van der Waals surface area (Å²) in [5, 5.41) is 2.84. The van der Waals surface area contributed by atoms with Crippen LogP contribution in [0.4, 0.5) is 4.79 Å². The Balaban J connectivity index is 1.56. The highest BCUT2D eigenvalue weighted by molar-refractivity contribution is 5.67. The fourth-order valence-electron chi connectivity index (χ4n) is 2.96. The molecule has 0 saturated heterocycles. The quantitative estimate of drug-likeness (QED) is 0.891. The van der Waals surface area contributed by atoms with Gasteiger partial charge in [-0.3, -0.25) is 4.79 Å². The molecule has 0 aliphatic heterocycles. The number of carbonyl (C=O) groups is 1. The minimum atomic E-state index is -0.426. The molecule has 1 aromatic heterocycles. The second kappa shape index (κ2) is 6.69. The molecule has 1 saturated carbocycles. The first-order chi connectivity index (χ1) is 11.2. The molecule has 2 N–H and O–H groups in total. The molecule has 1 aliphatic rings. The molecule has 0 unspecified atom stereocenters. The van der Waals surface area contributed by atoms with Crippen LogP contribution < -0.4 is 10.9 Å². The average Bonchev–Trinajstić information content (AvgIpc) is 2.53. The summed E-state index contributed by atoms with van der Waals surface area (Å²) in [5.74, 6) is 0. The molecular formula is C18H20N2O3. The van der Waals surface area contributed by atoms with E-state index in [1.54, 1.807) is 12.3 Å². The summed E-state index contributed by atoms with van der Waals surface area (Å²) in [4.78, 5) is 26.0. The number of nitrogens with one attached hydrogen (secondary N) is 2. The van der Waals surface area contributed by atoms with E-state index in [2.05, 4.69) is 10.3 Å². The molecule has 23 heavy (non-hydrogen) atoms. The highest BCUT2D eigenvalue weighted by Crippen LogP contribution is 2.42. The Labute approximate surface area is 134 Å². The van der Waals surface area contributed by atoms with Crippen LogP contribution in [0.2, 0.25) is 0 Å². The number of carbonyl (C=O) groups excluding carboxylic acids is 1. The summed E-state index contributed by atoms with van der Waals surface area (Å²) in [6.45, 7) is 0.745. The highest BCUT2D eigenvalue weighted by Gasteiger charge is 2.39. The van der Waals surface area contributed by atoms with Crippen LogP contribution in [0, 0.1) is 0 Å². The van der Waals surface area contributed by atoms with Crippen LogP contribution in [0.15, 0.2) is 53.5 Å². The summed E-state index contributed by atoms with van der Waals surface area (Å²) < 4.78 is 5.23. The first-order valence-electron chi connectivity index (χ1n) is 7.82. The van der Waals surface area contributed by atoms with Crippen LogP contribution in [0.3, 0.4) is 0 Å². The summed E-state index contributed by atoms with van der Waals surface area (Å²) in [5.41, 5.74) is 1.69. The van der Waals surface area contributed by atoms with E-state index in [1.807, 2.05) is 36.4 Å². The third-order valence-electron chi connectivity index (χ3n) is 4.48. The van der Waals surface area contributed by atoms with Crippen molar-refractivity contribution in [1.82, 2.24) is 10.3 Å². The monoisotopic (exact) mass is 312 g/mol. The van der Waals surface area contributed by atoms with Gasteiger partial charge in [0.25, 0.3) is 0 Å². The minimum absolute atomic E-state index is 0.111. The Bertz CT molecular complexity index is 720. The SMILES string of the molecule is O=C(NCC1(c2cc[nH]c(=O)c2)CCC1)OCc1ccccc1. The zero-order valence-electron chi connectivity index (χ0n) is 12.9. The van der Waals surface area contributed by atoms with Gasteiger partial charge in [0.05, 0.1) is 0 Å². The molecule has 1 aliphatic carbocycles. The summed E-state index contributed by atoms with van der Waals surface area (Å²) in [6, 6.07) is 13.1. The number of pyridine rings is 1. The van der Waals surface area contributed by atoms with E-state index < -0.39 is 6.09 Å². The second-order valence-corrected chi connectivity index (χ2v) is 5.99. The van der Waals surface area contributed by atoms with Crippen LogP contribution in [-0.2, 0) is 16.8 Å². The van der Waals surface area contributed by atoms with Crippen LogP contribution in [-0.4, -0.2) is 17.6 Å². The van der Waals surface area contributed by atoms with Crippen molar-refractivity contribution < 1.29 is 9.53 Å². The number of H-pyrrole nitrogens is 1. The maximum absolute atomic E-state index is 11.9. The lowest BCUT2D eigenvalue weighted by Crippen LogP contribution is -2.46. The van der Waals surface area contributed by atoms with Gasteiger partial charge in [0.2, 0.25) is 5.56 Å². The topological polar surface area (TPSA) is 71.2 Å². The van der Waals surface area contributed by atoms with Gasteiger partial charge in [0.1, 0.15) is 6.61 Å². The van der Waals surface area contributed by atoms with Gasteiger partial charge in [-0.25, -0.2) is 4.79 Å². The van der Waals surface area contributed by atoms with Crippen molar-refractivity contribution in [3.63, 3.8) is 0 Å². The van der Waals surface area contributed by atoms with Gasteiger partial charge in [0.15, 0.2) is 0 Å². The van der Waals surface area contributed by atoms with E-state index in [0.717, 1.165) is 30.4 Å². The minimum Gasteiger partial charge on any atom is -0.445 e. The molecule has 1 heterocycles. The van der Waals surface area contributed by atoms with Crippen molar-refractivity contribution >= 4 is 6.09 Å². The fourth-order valence-corrected chi connectivity index (χ4v) is 2.96. The number of ether oxygens (including phenoxy) is 1. The number of amides is 1. The zero-order valence-corrected chi connectivity index (χ0v) is 12.9. The Morgan fingerprint density at radius 2 is 2.00 bits per heavy atom. The van der Waals surface area contributed by atoms with Gasteiger partial charge in [-0.05, 0) is 30.0 Å². The highest BCUT2D eigenvalue weighted by atomic mass is 16.5. The third kappa shape index (κ3) is 3.62. The summed E-state index contributed by atoms with van der Waals surface area (Å²) in [7, 11) is 0. The predicted molar refractivity (Wildman–Crippen MR) is 87.2 cm³/mol. The van der Waals surface area contributed by atoms with E-state index in [0.29, 0.717) is 6.54 Å². The Morgan fingerprint density at radius 3 is 2.65 bits per heavy atom. The van der Waals surface area contributed by atoms with Crippen molar-refractivity contribution in [2.75, 3.05) is 6.54 Å². The Kier molecular flexibility index (Phi) is 4.46. The fraction of sp³-hybridized carbons (Fsp3) is 0.333. The molecule has 1 amide bonds. The van der Waals surface area contributed by atoms with Crippen LogP contribution >= 0.6 is 0 Å². The largest absolute Gasteiger partial charge is 0.445 e. The average molecular weight is 312 g/mol. The molecule has 5 nitrogen and oxygen atoms in total. The van der Waals surface area contributed by atoms with E-state index in [-0.39, 0.29) is 17.6 Å². The Morgan fingerprint density at radius 1 is 1.22 bits per heavy atom. The van der Waals surface area contributed by atoms with Gasteiger partial charge >= 0.3 is 6.09 Å². The normalized spacial score (nSPS) is 15.5. The number of hydrogen-bond donors (Lipinski definition) is 2. The van der Waals surface area contributed by atoms with Gasteiger partial charge in [0, 0.05) is 24.2 Å². The zero-order chi connectivity index (χ0) is 16.1. The van der Waals surface area contributed by atoms with Gasteiger partial charge < -0.3 is 15.0 Å². The number of hydrogen-bond acceptors (Lipinski definition) is 3. The summed E-state index contributed by atoms with van der Waals surface area (Å²) in [6.07, 6.45) is 4.27. The summed E-state index contributed by atoms with van der Waals surface area (Å²) >= 11 is 0. The van der Waals surface area contributed by atoms with Crippen LogP contribution in [0.25, 0.3) is 0 Å². The van der Waals surface area contributed by atoms with Crippen LogP contribution in [0.5, 0.6) is 0 Å². The van der Waals surface area contributed by atoms with Crippen molar-refractivity contribution in [2.45, 2.75) is 31.3 Å². The first-order valence-corrected chi connectivity index (χ1v) is 7.82. The lowest BCUT2D eigenvalue weighted by molar-refractivity contribution is 0.131. The standard InChI is InChI=1S/C18H20N2O3/c21-16-11-15(7-10-19-16)18(8-4-9-18)13-20-17(22)23-12-14-5-2-1-3-6-14/h1-3,5-7,10-11H,4,8-9,12-13H2,(H,19,21)(H,20,22). The van der Waals surface area contributed by atoms with E-state index in [1.165, 1.54) is 0 Å². The lowest BCUT2D eigenvalue weighted by atomic mass is 9.64. The van der Waals surface area contributed by atoms with E-state index in [9.17, 15) is 9.59 Å². The van der Waals surface area contributed by atoms with E-state index >= 15 is 0 Å². The molecular weight excluding hydrogens is 292 g/mol. The molecule has 0 bridgehead atoms. The number of rotatable bonds is 5. The van der Waals surface area contributed by atoms with Crippen molar-refractivity contribution in [3.8, 4) is 0 Å². The molecule has 0 spiro atoms. The third-order valence-corrected chi connectivity index (χ3v) is 4.48. The maximum atomic E-state index is 11.9.